The van der Waals surface area contributed by atoms with Crippen LogP contribution in [-0.4, -0.2) is 43.2 Å². The van der Waals surface area contributed by atoms with Crippen molar-refractivity contribution < 1.29 is 22.7 Å². The molecule has 0 aliphatic rings. The number of allylic oxidation sites excluding steroid dienone is 1. The predicted octanol–water partition coefficient (Wildman–Crippen LogP) is 4.57. The Morgan fingerprint density at radius 3 is 2.51 bits per heavy atom. The van der Waals surface area contributed by atoms with Crippen LogP contribution in [0.25, 0.3) is 11.3 Å². The fraction of sp³-hybridized carbons (Fsp3) is 0.280. The van der Waals surface area contributed by atoms with Gasteiger partial charge in [0.15, 0.2) is 0 Å². The van der Waals surface area contributed by atoms with Crippen LogP contribution in [0.15, 0.2) is 66.3 Å². The van der Waals surface area contributed by atoms with Crippen LogP contribution in [-0.2, 0) is 21.2 Å². The fourth-order valence-corrected chi connectivity index (χ4v) is 4.66. The fourth-order valence-electron chi connectivity index (χ4n) is 3.20. The van der Waals surface area contributed by atoms with Gasteiger partial charge in [0, 0.05) is 11.8 Å². The molecule has 0 spiro atoms. The third kappa shape index (κ3) is 5.83. The minimum Gasteiger partial charge on any atom is -0.478 e. The first-order valence-corrected chi connectivity index (χ1v) is 12.4. The lowest BCUT2D eigenvalue weighted by molar-refractivity contribution is 0.143. The molecule has 0 radical (unpaired) electrons. The Kier molecular flexibility index (Phi) is 8.18. The molecule has 0 unspecified atom stereocenters. The monoisotopic (exact) mass is 496 g/mol. The largest absolute Gasteiger partial charge is 0.478 e. The van der Waals surface area contributed by atoms with Gasteiger partial charge < -0.3 is 9.47 Å². The Morgan fingerprint density at radius 1 is 1.17 bits per heavy atom. The number of ether oxygens (including phenoxy) is 2. The molecular weight excluding hydrogens is 468 g/mol. The van der Waals surface area contributed by atoms with E-state index in [0.29, 0.717) is 22.0 Å². The van der Waals surface area contributed by atoms with Gasteiger partial charge in [0.1, 0.15) is 4.90 Å². The molecule has 184 valence electrons. The van der Waals surface area contributed by atoms with Crippen LogP contribution in [0.5, 0.6) is 5.88 Å². The summed E-state index contributed by atoms with van der Waals surface area (Å²) in [6.07, 6.45) is 4.17. The van der Waals surface area contributed by atoms with Crippen LogP contribution in [0.4, 0.5) is 10.6 Å². The van der Waals surface area contributed by atoms with Gasteiger partial charge in [-0.05, 0) is 37.0 Å². The van der Waals surface area contributed by atoms with Gasteiger partial charge in [0.2, 0.25) is 5.82 Å². The maximum Gasteiger partial charge on any atom is 0.430 e. The molecule has 1 amide bonds. The Labute approximate surface area is 205 Å². The van der Waals surface area contributed by atoms with Crippen molar-refractivity contribution in [3.05, 3.63) is 72.7 Å². The predicted molar refractivity (Wildman–Crippen MR) is 133 cm³/mol. The van der Waals surface area contributed by atoms with Gasteiger partial charge >= 0.3 is 6.09 Å². The number of hydrogen-bond donors (Lipinski definition) is 0. The number of methoxy groups -OCH3 is 1. The second-order valence-electron chi connectivity index (χ2n) is 8.12. The zero-order chi connectivity index (χ0) is 25.6. The van der Waals surface area contributed by atoms with Gasteiger partial charge in [-0.3, -0.25) is 4.98 Å². The number of aromatic nitrogens is 3. The van der Waals surface area contributed by atoms with Crippen molar-refractivity contribution in [1.82, 2.24) is 15.0 Å². The van der Waals surface area contributed by atoms with E-state index in [1.165, 1.54) is 31.6 Å². The third-order valence-electron chi connectivity index (χ3n) is 4.83. The van der Waals surface area contributed by atoms with E-state index in [2.05, 4.69) is 21.5 Å². The summed E-state index contributed by atoms with van der Waals surface area (Å²) < 4.78 is 39.0. The van der Waals surface area contributed by atoms with Gasteiger partial charge in [0.05, 0.1) is 31.3 Å². The highest BCUT2D eigenvalue weighted by Crippen LogP contribution is 2.33. The Balaban J connectivity index is 2.17. The molecule has 0 saturated heterocycles. The van der Waals surface area contributed by atoms with Crippen molar-refractivity contribution in [3.63, 3.8) is 0 Å². The van der Waals surface area contributed by atoms with Crippen LogP contribution in [0.2, 0.25) is 0 Å². The molecule has 3 aromatic rings. The van der Waals surface area contributed by atoms with E-state index in [9.17, 15) is 13.2 Å². The number of sulfonamides is 1. The van der Waals surface area contributed by atoms with Crippen molar-refractivity contribution in [2.75, 3.05) is 18.0 Å². The molecule has 35 heavy (non-hydrogen) atoms. The Bertz CT molecular complexity index is 1310. The average molecular weight is 497 g/mol. The topological polar surface area (TPSA) is 112 Å². The molecule has 0 aliphatic heterocycles. The second kappa shape index (κ2) is 11.1. The lowest BCUT2D eigenvalue weighted by Gasteiger charge is -2.23. The number of carbonyl (C=O) groups excluding carboxylic acids is 1. The highest BCUT2D eigenvalue weighted by atomic mass is 32.2. The lowest BCUT2D eigenvalue weighted by Crippen LogP contribution is -2.39. The van der Waals surface area contributed by atoms with Crippen LogP contribution in [0.3, 0.4) is 0 Å². The minimum atomic E-state index is -4.55. The van der Waals surface area contributed by atoms with Crippen LogP contribution in [0.1, 0.15) is 25.1 Å². The van der Waals surface area contributed by atoms with Crippen LogP contribution >= 0.6 is 0 Å². The first-order chi connectivity index (χ1) is 16.7. The van der Waals surface area contributed by atoms with Crippen molar-refractivity contribution >= 4 is 21.9 Å². The Hall–Kier alpha value is -3.79. The molecule has 9 nitrogen and oxygen atoms in total. The zero-order valence-electron chi connectivity index (χ0n) is 20.1. The molecule has 0 aliphatic carbocycles. The average Bonchev–Trinajstić information content (AvgIpc) is 2.84. The first kappa shape index (κ1) is 25.8. The van der Waals surface area contributed by atoms with E-state index in [0.717, 1.165) is 5.56 Å². The molecule has 10 heteroatoms. The van der Waals surface area contributed by atoms with E-state index in [1.54, 1.807) is 25.1 Å². The number of aryl methyl sites for hydroxylation is 1. The maximum atomic E-state index is 14.0. The summed E-state index contributed by atoms with van der Waals surface area (Å²) in [6.45, 7) is 9.09. The lowest BCUT2D eigenvalue weighted by atomic mass is 10.1. The number of anilines is 1. The molecule has 0 atom stereocenters. The summed E-state index contributed by atoms with van der Waals surface area (Å²) in [7, 11) is -3.23. The summed E-state index contributed by atoms with van der Waals surface area (Å²) in [5.41, 5.74) is 2.25. The number of carbonyl (C=O) groups is 1. The minimum absolute atomic E-state index is 0.0110. The number of benzene rings is 1. The molecule has 3 rings (SSSR count). The van der Waals surface area contributed by atoms with Gasteiger partial charge in [-0.25, -0.2) is 23.2 Å². The molecule has 1 aromatic carbocycles. The normalized spacial score (nSPS) is 11.2. The van der Waals surface area contributed by atoms with E-state index >= 15 is 0 Å². The molecule has 0 N–H and O–H groups in total. The second-order valence-corrected chi connectivity index (χ2v) is 9.88. The van der Waals surface area contributed by atoms with Gasteiger partial charge in [-0.2, -0.15) is 0 Å². The quantitative estimate of drug-likeness (QED) is 0.396. The van der Waals surface area contributed by atoms with Gasteiger partial charge in [-0.15, -0.1) is 10.9 Å². The van der Waals surface area contributed by atoms with Crippen molar-refractivity contribution in [2.24, 2.45) is 5.92 Å². The summed E-state index contributed by atoms with van der Waals surface area (Å²) in [6, 6.07) is 10.1. The molecule has 2 aromatic heterocycles. The Morgan fingerprint density at radius 2 is 1.89 bits per heavy atom. The third-order valence-corrected chi connectivity index (χ3v) is 6.52. The van der Waals surface area contributed by atoms with E-state index < -0.39 is 16.1 Å². The first-order valence-electron chi connectivity index (χ1n) is 10.9. The maximum absolute atomic E-state index is 14.0. The number of rotatable bonds is 9. The summed E-state index contributed by atoms with van der Waals surface area (Å²) in [4.78, 5) is 25.6. The van der Waals surface area contributed by atoms with Crippen LogP contribution < -0.4 is 9.04 Å². The number of amides is 1. The molecule has 0 bridgehead atoms. The smallest absolute Gasteiger partial charge is 0.430 e. The SMILES string of the molecule is C=CCc1ccc(-c2ncccc2S(=O)(=O)N(C(=O)OCC(C)C)c2ncc(C)nc2OC)cc1. The molecule has 0 fully saturated rings. The number of pyridine rings is 1. The van der Waals surface area contributed by atoms with Crippen molar-refractivity contribution in [2.45, 2.75) is 32.1 Å². The van der Waals surface area contributed by atoms with Crippen molar-refractivity contribution in [3.8, 4) is 17.1 Å². The van der Waals surface area contributed by atoms with E-state index in [-0.39, 0.29) is 34.8 Å². The number of nitrogens with zero attached hydrogens (tertiary/aromatic N) is 4. The summed E-state index contributed by atoms with van der Waals surface area (Å²) in [5.74, 6) is -0.449. The van der Waals surface area contributed by atoms with Crippen molar-refractivity contribution in [1.29, 1.82) is 0 Å². The standard InChI is InChI=1S/C25H28N4O5S/c1-6-8-19-10-12-20(13-11-19)22-21(9-7-14-26-22)35(31,32)29(25(30)34-16-17(2)3)23-24(33-5)28-18(4)15-27-23/h6-7,9-15,17H,1,8,16H2,2-5H3. The van der Waals surface area contributed by atoms with Crippen LogP contribution in [0, 0.1) is 12.8 Å². The van der Waals surface area contributed by atoms with E-state index in [4.69, 9.17) is 9.47 Å². The molecular formula is C25H28N4O5S. The summed E-state index contributed by atoms with van der Waals surface area (Å²) >= 11 is 0. The summed E-state index contributed by atoms with van der Waals surface area (Å²) in [5, 5.41) is 0. The zero-order valence-corrected chi connectivity index (χ0v) is 20.9. The highest BCUT2D eigenvalue weighted by Gasteiger charge is 2.38. The van der Waals surface area contributed by atoms with Gasteiger partial charge in [0.25, 0.3) is 15.9 Å². The van der Waals surface area contributed by atoms with Gasteiger partial charge in [-0.1, -0.05) is 44.2 Å². The number of hydrogen-bond acceptors (Lipinski definition) is 8. The molecule has 2 heterocycles. The van der Waals surface area contributed by atoms with E-state index in [1.807, 2.05) is 26.0 Å². The highest BCUT2D eigenvalue weighted by molar-refractivity contribution is 7.93. The molecule has 0 saturated carbocycles.